The molecular formula is C30H28ClN3O2S. The maximum absolute atomic E-state index is 12.2. The fraction of sp³-hybridized carbons (Fsp3) is 0.233. The number of hydrogen-bond acceptors (Lipinski definition) is 5. The van der Waals surface area contributed by atoms with Crippen LogP contribution in [-0.4, -0.2) is 35.6 Å². The average Bonchev–Trinajstić information content (AvgIpc) is 2.90. The van der Waals surface area contributed by atoms with Crippen LogP contribution in [0.3, 0.4) is 0 Å². The zero-order valence-corrected chi connectivity index (χ0v) is 22.4. The number of pyridine rings is 1. The summed E-state index contributed by atoms with van der Waals surface area (Å²) in [5, 5.41) is 10.8. The van der Waals surface area contributed by atoms with E-state index in [4.69, 9.17) is 21.6 Å². The maximum Gasteiger partial charge on any atom is 0.222 e. The van der Waals surface area contributed by atoms with E-state index in [0.717, 1.165) is 39.0 Å². The van der Waals surface area contributed by atoms with Gasteiger partial charge in [0.25, 0.3) is 0 Å². The number of nitriles is 1. The van der Waals surface area contributed by atoms with E-state index in [1.54, 1.807) is 30.8 Å². The number of rotatable bonds is 10. The number of carbonyl (C=O) groups excluding carboxylic acids is 1. The van der Waals surface area contributed by atoms with Crippen molar-refractivity contribution in [1.82, 2.24) is 9.88 Å². The molecule has 1 heterocycles. The quantitative estimate of drug-likeness (QED) is 0.225. The summed E-state index contributed by atoms with van der Waals surface area (Å²) in [6, 6.07) is 28.0. The van der Waals surface area contributed by atoms with Crippen molar-refractivity contribution in [2.24, 2.45) is 0 Å². The van der Waals surface area contributed by atoms with Crippen molar-refractivity contribution >= 4 is 40.2 Å². The molecule has 1 atom stereocenters. The van der Waals surface area contributed by atoms with Gasteiger partial charge in [0.1, 0.15) is 12.4 Å². The van der Waals surface area contributed by atoms with Crippen LogP contribution in [0.25, 0.3) is 10.9 Å². The first-order valence-corrected chi connectivity index (χ1v) is 13.4. The zero-order chi connectivity index (χ0) is 26.2. The average molecular weight is 530 g/mol. The molecule has 37 heavy (non-hydrogen) atoms. The van der Waals surface area contributed by atoms with Crippen molar-refractivity contribution in [2.45, 2.75) is 24.7 Å². The van der Waals surface area contributed by atoms with Crippen molar-refractivity contribution in [2.75, 3.05) is 19.8 Å². The predicted octanol–water partition coefficient (Wildman–Crippen LogP) is 6.83. The van der Waals surface area contributed by atoms with E-state index in [1.165, 1.54) is 0 Å². The number of thioether (sulfide) groups is 1. The second-order valence-electron chi connectivity index (χ2n) is 8.87. The molecule has 3 aromatic carbocycles. The van der Waals surface area contributed by atoms with Gasteiger partial charge in [-0.2, -0.15) is 5.26 Å². The van der Waals surface area contributed by atoms with Crippen molar-refractivity contribution in [3.8, 4) is 11.8 Å². The fourth-order valence-electron chi connectivity index (χ4n) is 3.97. The lowest BCUT2D eigenvalue weighted by molar-refractivity contribution is -0.128. The number of benzene rings is 3. The Morgan fingerprint density at radius 1 is 1.05 bits per heavy atom. The Balaban J connectivity index is 1.54. The number of carbonyl (C=O) groups is 1. The molecular weight excluding hydrogens is 502 g/mol. The highest BCUT2D eigenvalue weighted by molar-refractivity contribution is 7.99. The standard InChI is InChI=1S/C30H28ClN3O2S/c1-34(2)29(35)14-16-37-30(23-6-3-5-21(17-23)13-15-32)24-7-4-8-27(18-24)36-20-26-12-10-22-9-11-25(31)19-28(22)33-26/h3-12,17-19,30H,13-14,16,20H2,1-2H3. The summed E-state index contributed by atoms with van der Waals surface area (Å²) in [6.45, 7) is 0.332. The number of ether oxygens (including phenoxy) is 1. The Labute approximate surface area is 227 Å². The van der Waals surface area contributed by atoms with Crippen molar-refractivity contribution in [1.29, 1.82) is 5.26 Å². The van der Waals surface area contributed by atoms with Crippen LogP contribution < -0.4 is 4.74 Å². The predicted molar refractivity (Wildman–Crippen MR) is 151 cm³/mol. The minimum absolute atomic E-state index is 0.00177. The number of amides is 1. The van der Waals surface area contributed by atoms with Gasteiger partial charge in [0, 0.05) is 36.7 Å². The van der Waals surface area contributed by atoms with Crippen LogP contribution in [0.2, 0.25) is 5.02 Å². The molecule has 0 saturated carbocycles. The summed E-state index contributed by atoms with van der Waals surface area (Å²) < 4.78 is 6.13. The lowest BCUT2D eigenvalue weighted by atomic mass is 10.0. The van der Waals surface area contributed by atoms with E-state index in [0.29, 0.717) is 30.2 Å². The Kier molecular flexibility index (Phi) is 9.05. The number of hydrogen-bond donors (Lipinski definition) is 0. The van der Waals surface area contributed by atoms with Gasteiger partial charge >= 0.3 is 0 Å². The first-order chi connectivity index (χ1) is 17.9. The topological polar surface area (TPSA) is 66.2 Å². The third-order valence-electron chi connectivity index (χ3n) is 5.90. The molecule has 1 unspecified atom stereocenters. The largest absolute Gasteiger partial charge is 0.487 e. The third-order valence-corrected chi connectivity index (χ3v) is 7.45. The van der Waals surface area contributed by atoms with Crippen molar-refractivity contribution in [3.63, 3.8) is 0 Å². The molecule has 5 nitrogen and oxygen atoms in total. The third kappa shape index (κ3) is 7.25. The van der Waals surface area contributed by atoms with Crippen molar-refractivity contribution in [3.05, 3.63) is 106 Å². The van der Waals surface area contributed by atoms with Gasteiger partial charge in [-0.25, -0.2) is 4.98 Å². The Morgan fingerprint density at radius 2 is 1.81 bits per heavy atom. The monoisotopic (exact) mass is 529 g/mol. The van der Waals surface area contributed by atoms with Crippen LogP contribution in [0.4, 0.5) is 0 Å². The molecule has 0 aliphatic carbocycles. The van der Waals surface area contributed by atoms with Gasteiger partial charge in [-0.1, -0.05) is 60.1 Å². The van der Waals surface area contributed by atoms with E-state index >= 15 is 0 Å². The van der Waals surface area contributed by atoms with Crippen LogP contribution in [0, 0.1) is 11.3 Å². The molecule has 4 rings (SSSR count). The molecule has 0 bridgehead atoms. The van der Waals surface area contributed by atoms with Crippen LogP contribution in [0.5, 0.6) is 5.75 Å². The lowest BCUT2D eigenvalue weighted by Gasteiger charge is -2.20. The molecule has 0 saturated heterocycles. The molecule has 1 aromatic heterocycles. The van der Waals surface area contributed by atoms with Gasteiger partial charge in [0.05, 0.1) is 29.0 Å². The van der Waals surface area contributed by atoms with Gasteiger partial charge < -0.3 is 9.64 Å². The molecule has 1 amide bonds. The van der Waals surface area contributed by atoms with E-state index in [-0.39, 0.29) is 11.2 Å². The highest BCUT2D eigenvalue weighted by Gasteiger charge is 2.17. The molecule has 0 aliphatic heterocycles. The van der Waals surface area contributed by atoms with Gasteiger partial charge in [-0.3, -0.25) is 4.79 Å². The highest BCUT2D eigenvalue weighted by atomic mass is 35.5. The second kappa shape index (κ2) is 12.6. The molecule has 7 heteroatoms. The summed E-state index contributed by atoms with van der Waals surface area (Å²) in [5.41, 5.74) is 4.80. The number of nitrogens with zero attached hydrogens (tertiary/aromatic N) is 3. The van der Waals surface area contributed by atoms with Crippen LogP contribution in [0.1, 0.15) is 34.1 Å². The Bertz CT molecular complexity index is 1430. The number of fused-ring (bicyclic) bond motifs is 1. The normalized spacial score (nSPS) is 11.6. The first kappa shape index (κ1) is 26.5. The lowest BCUT2D eigenvalue weighted by Crippen LogP contribution is -2.22. The van der Waals surface area contributed by atoms with E-state index in [2.05, 4.69) is 29.3 Å². The summed E-state index contributed by atoms with van der Waals surface area (Å²) in [4.78, 5) is 18.5. The van der Waals surface area contributed by atoms with Gasteiger partial charge in [-0.05, 0) is 47.0 Å². The molecule has 0 radical (unpaired) electrons. The SMILES string of the molecule is CN(C)C(=O)CCSC(c1cccc(CC#N)c1)c1cccc(OCc2ccc3ccc(Cl)cc3n2)c1. The van der Waals surface area contributed by atoms with Gasteiger partial charge in [-0.15, -0.1) is 11.8 Å². The number of halogens is 1. The summed E-state index contributed by atoms with van der Waals surface area (Å²) in [5.74, 6) is 1.53. The Morgan fingerprint density at radius 3 is 2.59 bits per heavy atom. The fourth-order valence-corrected chi connectivity index (χ4v) is 5.34. The summed E-state index contributed by atoms with van der Waals surface area (Å²) in [6.07, 6.45) is 0.817. The van der Waals surface area contributed by atoms with E-state index in [1.807, 2.05) is 60.7 Å². The first-order valence-electron chi connectivity index (χ1n) is 12.0. The zero-order valence-electron chi connectivity index (χ0n) is 20.9. The van der Waals surface area contributed by atoms with Gasteiger partial charge in [0.2, 0.25) is 5.91 Å². The van der Waals surface area contributed by atoms with Gasteiger partial charge in [0.15, 0.2) is 0 Å². The molecule has 4 aromatic rings. The van der Waals surface area contributed by atoms with E-state index in [9.17, 15) is 4.79 Å². The van der Waals surface area contributed by atoms with Crippen molar-refractivity contribution < 1.29 is 9.53 Å². The molecule has 0 aliphatic rings. The van der Waals surface area contributed by atoms with Crippen LogP contribution >= 0.6 is 23.4 Å². The minimum atomic E-state index is -0.00177. The highest BCUT2D eigenvalue weighted by Crippen LogP contribution is 2.38. The molecule has 0 fully saturated rings. The van der Waals surface area contributed by atoms with Crippen LogP contribution in [-0.2, 0) is 17.8 Å². The Hall–Kier alpha value is -3.53. The minimum Gasteiger partial charge on any atom is -0.487 e. The maximum atomic E-state index is 12.2. The summed E-state index contributed by atoms with van der Waals surface area (Å²) >= 11 is 7.84. The van der Waals surface area contributed by atoms with Crippen LogP contribution in [0.15, 0.2) is 78.9 Å². The molecule has 188 valence electrons. The second-order valence-corrected chi connectivity index (χ2v) is 10.5. The molecule has 0 N–H and O–H groups in total. The summed E-state index contributed by atoms with van der Waals surface area (Å²) in [7, 11) is 3.55. The smallest absolute Gasteiger partial charge is 0.222 e. The molecule has 0 spiro atoms. The number of aromatic nitrogens is 1. The van der Waals surface area contributed by atoms with E-state index < -0.39 is 0 Å².